The second-order valence-electron chi connectivity index (χ2n) is 6.79. The van der Waals surface area contributed by atoms with Gasteiger partial charge in [0.25, 0.3) is 5.91 Å². The second-order valence-corrected chi connectivity index (χ2v) is 6.79. The summed E-state index contributed by atoms with van der Waals surface area (Å²) in [7, 11) is 0. The molecule has 0 radical (unpaired) electrons. The first-order chi connectivity index (χ1) is 13.5. The van der Waals surface area contributed by atoms with E-state index in [1.165, 1.54) is 5.56 Å². The maximum Gasteiger partial charge on any atom is 0.265 e. The van der Waals surface area contributed by atoms with Gasteiger partial charge in [-0.3, -0.25) is 4.79 Å². The highest BCUT2D eigenvalue weighted by molar-refractivity contribution is 5.94. The number of carbonyl (C=O) groups is 1. The third kappa shape index (κ3) is 5.36. The van der Waals surface area contributed by atoms with Crippen molar-refractivity contribution in [2.75, 3.05) is 5.32 Å². The molecule has 28 heavy (non-hydrogen) atoms. The lowest BCUT2D eigenvalue weighted by Crippen LogP contribution is -2.30. The van der Waals surface area contributed by atoms with Crippen molar-refractivity contribution in [1.82, 2.24) is 0 Å². The summed E-state index contributed by atoms with van der Waals surface area (Å²) in [5.41, 5.74) is 4.14. The molecule has 0 aliphatic carbocycles. The fourth-order valence-corrected chi connectivity index (χ4v) is 2.66. The van der Waals surface area contributed by atoms with Gasteiger partial charge in [0.15, 0.2) is 6.10 Å². The Labute approximate surface area is 166 Å². The molecule has 144 valence electrons. The molecule has 0 aromatic heterocycles. The number of hydrogen-bond acceptors (Lipinski definition) is 3. The molecule has 0 spiro atoms. The molecule has 3 rings (SSSR count). The molecule has 4 nitrogen and oxygen atoms in total. The van der Waals surface area contributed by atoms with Gasteiger partial charge < -0.3 is 14.8 Å². The summed E-state index contributed by atoms with van der Waals surface area (Å²) in [6.07, 6.45) is -0.601. The quantitative estimate of drug-likeness (QED) is 0.610. The minimum absolute atomic E-state index is 0.198. The second kappa shape index (κ2) is 9.09. The van der Waals surface area contributed by atoms with E-state index in [1.807, 2.05) is 86.6 Å². The maximum absolute atomic E-state index is 12.4. The number of hydrogen-bond donors (Lipinski definition) is 1. The summed E-state index contributed by atoms with van der Waals surface area (Å²) in [6.45, 7) is 6.31. The first-order valence-corrected chi connectivity index (χ1v) is 9.33. The number of aryl methyl sites for hydroxylation is 2. The van der Waals surface area contributed by atoms with Crippen LogP contribution >= 0.6 is 0 Å². The largest absolute Gasteiger partial charge is 0.489 e. The fraction of sp³-hybridized carbons (Fsp3) is 0.208. The number of carbonyl (C=O) groups excluding carboxylic acids is 1. The normalized spacial score (nSPS) is 11.5. The van der Waals surface area contributed by atoms with Crippen LogP contribution in [0.15, 0.2) is 72.8 Å². The van der Waals surface area contributed by atoms with Crippen molar-refractivity contribution in [3.63, 3.8) is 0 Å². The maximum atomic E-state index is 12.4. The van der Waals surface area contributed by atoms with Gasteiger partial charge in [-0.05, 0) is 73.9 Å². The van der Waals surface area contributed by atoms with Crippen molar-refractivity contribution in [3.05, 3.63) is 89.5 Å². The molecule has 3 aromatic carbocycles. The molecule has 1 N–H and O–H groups in total. The number of nitrogens with one attached hydrogen (secondary N) is 1. The van der Waals surface area contributed by atoms with Gasteiger partial charge in [0.2, 0.25) is 0 Å². The number of anilines is 1. The Morgan fingerprint density at radius 2 is 1.57 bits per heavy atom. The van der Waals surface area contributed by atoms with Crippen LogP contribution in [0.2, 0.25) is 0 Å². The summed E-state index contributed by atoms with van der Waals surface area (Å²) in [4.78, 5) is 12.4. The monoisotopic (exact) mass is 375 g/mol. The van der Waals surface area contributed by atoms with E-state index in [0.717, 1.165) is 16.9 Å². The number of amides is 1. The standard InChI is InChI=1S/C24H25NO3/c1-17-9-12-23(15-18(17)2)28-19(3)24(26)25-21-10-13-22(14-11-21)27-16-20-7-5-4-6-8-20/h4-15,19H,16H2,1-3H3,(H,25,26)/t19-/m0/s1. The van der Waals surface area contributed by atoms with Crippen LogP contribution in [0.3, 0.4) is 0 Å². The van der Waals surface area contributed by atoms with E-state index >= 15 is 0 Å². The van der Waals surface area contributed by atoms with Crippen LogP contribution in [-0.2, 0) is 11.4 Å². The number of ether oxygens (including phenoxy) is 2. The minimum atomic E-state index is -0.601. The third-order valence-corrected chi connectivity index (χ3v) is 4.53. The lowest BCUT2D eigenvalue weighted by molar-refractivity contribution is -0.122. The molecule has 0 fully saturated rings. The van der Waals surface area contributed by atoms with Crippen molar-refractivity contribution in [1.29, 1.82) is 0 Å². The van der Waals surface area contributed by atoms with Crippen molar-refractivity contribution >= 4 is 11.6 Å². The summed E-state index contributed by atoms with van der Waals surface area (Å²) in [6, 6.07) is 23.1. The van der Waals surface area contributed by atoms with E-state index < -0.39 is 6.10 Å². The van der Waals surface area contributed by atoms with Crippen molar-refractivity contribution in [2.45, 2.75) is 33.5 Å². The van der Waals surface area contributed by atoms with E-state index in [9.17, 15) is 4.79 Å². The van der Waals surface area contributed by atoms with Gasteiger partial charge in [-0.1, -0.05) is 36.4 Å². The average Bonchev–Trinajstić information content (AvgIpc) is 2.71. The van der Waals surface area contributed by atoms with E-state index in [4.69, 9.17) is 9.47 Å². The third-order valence-electron chi connectivity index (χ3n) is 4.53. The van der Waals surface area contributed by atoms with Crippen LogP contribution in [0.25, 0.3) is 0 Å². The van der Waals surface area contributed by atoms with Crippen LogP contribution in [-0.4, -0.2) is 12.0 Å². The van der Waals surface area contributed by atoms with E-state index in [0.29, 0.717) is 18.0 Å². The zero-order valence-corrected chi connectivity index (χ0v) is 16.4. The van der Waals surface area contributed by atoms with Crippen LogP contribution in [0.1, 0.15) is 23.6 Å². The molecule has 0 saturated heterocycles. The van der Waals surface area contributed by atoms with Crippen molar-refractivity contribution in [2.24, 2.45) is 0 Å². The molecular weight excluding hydrogens is 350 g/mol. The van der Waals surface area contributed by atoms with Gasteiger partial charge in [0, 0.05) is 5.69 Å². The Hall–Kier alpha value is -3.27. The van der Waals surface area contributed by atoms with Gasteiger partial charge in [-0.25, -0.2) is 0 Å². The van der Waals surface area contributed by atoms with Gasteiger partial charge in [0.05, 0.1) is 0 Å². The highest BCUT2D eigenvalue weighted by atomic mass is 16.5. The summed E-state index contributed by atoms with van der Waals surface area (Å²) in [5, 5.41) is 2.87. The Bertz CT molecular complexity index is 920. The Balaban J connectivity index is 1.52. The highest BCUT2D eigenvalue weighted by Crippen LogP contribution is 2.20. The van der Waals surface area contributed by atoms with E-state index in [-0.39, 0.29) is 5.91 Å². The van der Waals surface area contributed by atoms with Crippen molar-refractivity contribution in [3.8, 4) is 11.5 Å². The predicted octanol–water partition coefficient (Wildman–Crippen LogP) is 5.29. The first-order valence-electron chi connectivity index (χ1n) is 9.33. The molecule has 0 unspecified atom stereocenters. The predicted molar refractivity (Wildman–Crippen MR) is 112 cm³/mol. The molecule has 0 aliphatic heterocycles. The molecule has 1 amide bonds. The van der Waals surface area contributed by atoms with E-state index in [1.54, 1.807) is 6.92 Å². The molecule has 1 atom stereocenters. The van der Waals surface area contributed by atoms with Gasteiger partial charge in [0.1, 0.15) is 18.1 Å². The van der Waals surface area contributed by atoms with Crippen LogP contribution in [0.4, 0.5) is 5.69 Å². The molecule has 4 heteroatoms. The molecule has 0 heterocycles. The smallest absolute Gasteiger partial charge is 0.265 e. The zero-order chi connectivity index (χ0) is 19.9. The molecular formula is C24H25NO3. The highest BCUT2D eigenvalue weighted by Gasteiger charge is 2.15. The number of benzene rings is 3. The first kappa shape index (κ1) is 19.5. The van der Waals surface area contributed by atoms with Gasteiger partial charge >= 0.3 is 0 Å². The van der Waals surface area contributed by atoms with Crippen molar-refractivity contribution < 1.29 is 14.3 Å². The average molecular weight is 375 g/mol. The Morgan fingerprint density at radius 1 is 0.893 bits per heavy atom. The van der Waals surface area contributed by atoms with Gasteiger partial charge in [-0.2, -0.15) is 0 Å². The Kier molecular flexibility index (Phi) is 6.33. The SMILES string of the molecule is Cc1ccc(O[C@@H](C)C(=O)Nc2ccc(OCc3ccccc3)cc2)cc1C. The lowest BCUT2D eigenvalue weighted by atomic mass is 10.1. The topological polar surface area (TPSA) is 47.6 Å². The zero-order valence-electron chi connectivity index (χ0n) is 16.4. The molecule has 0 bridgehead atoms. The van der Waals surface area contributed by atoms with Crippen LogP contribution in [0, 0.1) is 13.8 Å². The molecule has 0 saturated carbocycles. The lowest BCUT2D eigenvalue weighted by Gasteiger charge is -2.16. The van der Waals surface area contributed by atoms with Gasteiger partial charge in [-0.15, -0.1) is 0 Å². The number of rotatable bonds is 7. The fourth-order valence-electron chi connectivity index (χ4n) is 2.66. The minimum Gasteiger partial charge on any atom is -0.489 e. The van der Waals surface area contributed by atoms with Crippen LogP contribution in [0.5, 0.6) is 11.5 Å². The molecule has 3 aromatic rings. The summed E-state index contributed by atoms with van der Waals surface area (Å²) < 4.78 is 11.5. The Morgan fingerprint density at radius 3 is 2.25 bits per heavy atom. The molecule has 0 aliphatic rings. The van der Waals surface area contributed by atoms with Crippen LogP contribution < -0.4 is 14.8 Å². The van der Waals surface area contributed by atoms with E-state index in [2.05, 4.69) is 5.32 Å². The summed E-state index contributed by atoms with van der Waals surface area (Å²) in [5.74, 6) is 1.24. The summed E-state index contributed by atoms with van der Waals surface area (Å²) >= 11 is 0.